The van der Waals surface area contributed by atoms with Crippen LogP contribution in [0.15, 0.2) is 291 Å². The molecule has 520 valence electrons. The van der Waals surface area contributed by atoms with Gasteiger partial charge in [-0.15, -0.1) is 0 Å². The largest absolute Gasteiger partial charge is 0.311 e. The fourth-order valence-corrected chi connectivity index (χ4v) is 14.8. The summed E-state index contributed by atoms with van der Waals surface area (Å²) in [5.41, 5.74) is 20.9. The second-order valence-corrected chi connectivity index (χ2v) is 28.3. The zero-order valence-electron chi connectivity index (χ0n) is 60.8. The van der Waals surface area contributed by atoms with Gasteiger partial charge in [0.1, 0.15) is 0 Å². The maximum atomic E-state index is 9.15. The molecule has 0 aliphatic rings. The highest BCUT2D eigenvalue weighted by atomic mass is 15.1. The highest BCUT2D eigenvalue weighted by Crippen LogP contribution is 2.46. The molecule has 0 saturated heterocycles. The molecule has 16 aromatic rings. The van der Waals surface area contributed by atoms with Crippen LogP contribution in [0.2, 0.25) is 0 Å². The number of anilines is 6. The number of nitrogens with zero attached hydrogens (tertiary/aromatic N) is 4. The van der Waals surface area contributed by atoms with Crippen molar-refractivity contribution in [3.63, 3.8) is 0 Å². The van der Waals surface area contributed by atoms with Crippen molar-refractivity contribution >= 4 is 104 Å². The lowest BCUT2D eigenvalue weighted by atomic mass is 9.82. The molecule has 0 bridgehead atoms. The Labute approximate surface area is 637 Å². The molecule has 0 heterocycles. The van der Waals surface area contributed by atoms with E-state index in [4.69, 9.17) is 11.8 Å². The van der Waals surface area contributed by atoms with Gasteiger partial charge in [-0.2, -0.15) is 5.26 Å². The summed E-state index contributed by atoms with van der Waals surface area (Å²) >= 11 is 0. The van der Waals surface area contributed by atoms with Gasteiger partial charge in [0, 0.05) is 78.6 Å². The van der Waals surface area contributed by atoms with Gasteiger partial charge in [-0.3, -0.25) is 0 Å². The van der Waals surface area contributed by atoms with Gasteiger partial charge >= 0.3 is 0 Å². The van der Waals surface area contributed by atoms with Gasteiger partial charge < -0.3 is 9.80 Å². The first-order valence-electron chi connectivity index (χ1n) is 36.4. The Kier molecular flexibility index (Phi) is 21.4. The van der Waals surface area contributed by atoms with Crippen LogP contribution in [0.4, 0.5) is 39.8 Å². The summed E-state index contributed by atoms with van der Waals surface area (Å²) in [4.78, 5) is 8.05. The Balaban J connectivity index is 0.000000203. The number of para-hydroxylation sites is 4. The van der Waals surface area contributed by atoms with E-state index in [-0.39, 0.29) is 14.9 Å². The van der Waals surface area contributed by atoms with Crippen LogP contribution in [0.25, 0.3) is 69.5 Å². The van der Waals surface area contributed by atoms with Crippen LogP contribution in [0, 0.1) is 65.3 Å². The minimum atomic E-state index is 0. The van der Waals surface area contributed by atoms with E-state index in [9.17, 15) is 0 Å². The Bertz CT molecular complexity index is 5840. The predicted octanol–water partition coefficient (Wildman–Crippen LogP) is 27.9. The van der Waals surface area contributed by atoms with Crippen molar-refractivity contribution in [1.82, 2.24) is 0 Å². The fraction of sp³-hybridized carbons (Fsp3) is 0.135. The van der Waals surface area contributed by atoms with E-state index in [1.807, 2.05) is 48.5 Å². The summed E-state index contributed by atoms with van der Waals surface area (Å²) in [5.74, 6) is 29.4. The molecule has 4 nitrogen and oxygen atoms in total. The average molecular weight is 1390 g/mol. The zero-order valence-corrected chi connectivity index (χ0v) is 60.8. The molecule has 0 aliphatic carbocycles. The van der Waals surface area contributed by atoms with E-state index in [0.717, 1.165) is 89.4 Å². The van der Waals surface area contributed by atoms with Crippen molar-refractivity contribution in [2.45, 2.75) is 93.9 Å². The molecule has 0 aliphatic heterocycles. The van der Waals surface area contributed by atoms with Gasteiger partial charge in [0.05, 0.1) is 18.2 Å². The second kappa shape index (κ2) is 31.8. The predicted molar refractivity (Wildman–Crippen MR) is 460 cm³/mol. The van der Waals surface area contributed by atoms with Crippen LogP contribution in [-0.2, 0) is 0 Å². The molecule has 16 aromatic carbocycles. The SMILES string of the molecule is C.C.CC(C)c1cc(C#Cc2ccc(N(c3ccccc3)c3ccccc3)cc2)c2ccc3c(C#Cc4ccc(N(c5ccccc5)c5ccccc5)cc4)cc(C(C)C)c4ccc1c2c34.[C-]#[N+]c1ccc(C#Cc2cc(C(C)C)c3ccc4c(C(C)C)cc(C#Cc5ccc(C#N)cc5)c5ccc2c3c54)cc1. The molecule has 0 saturated carbocycles. The van der Waals surface area contributed by atoms with Gasteiger partial charge in [0.25, 0.3) is 0 Å². The summed E-state index contributed by atoms with van der Waals surface area (Å²) in [6, 6.07) is 104. The van der Waals surface area contributed by atoms with E-state index in [1.165, 1.54) is 76.1 Å². The third-order valence-electron chi connectivity index (χ3n) is 20.1. The average Bonchev–Trinajstić information content (AvgIpc) is 0.722. The minimum absolute atomic E-state index is 0. The van der Waals surface area contributed by atoms with Crippen LogP contribution in [0.5, 0.6) is 0 Å². The molecule has 0 aromatic heterocycles. The molecular weight excluding hydrogens is 1310 g/mol. The lowest BCUT2D eigenvalue weighted by Crippen LogP contribution is -2.09. The highest BCUT2D eigenvalue weighted by molar-refractivity contribution is 6.27. The smallest absolute Gasteiger partial charge is 0.187 e. The number of rotatable bonds is 10. The summed E-state index contributed by atoms with van der Waals surface area (Å²) in [7, 11) is 0. The first kappa shape index (κ1) is 72.8. The van der Waals surface area contributed by atoms with E-state index < -0.39 is 0 Å². The molecule has 0 fully saturated rings. The van der Waals surface area contributed by atoms with Crippen molar-refractivity contribution in [2.24, 2.45) is 0 Å². The van der Waals surface area contributed by atoms with Gasteiger partial charge in [-0.05, 0) is 256 Å². The Morgan fingerprint density at radius 2 is 0.472 bits per heavy atom. The van der Waals surface area contributed by atoms with Gasteiger partial charge in [-0.25, -0.2) is 4.85 Å². The third-order valence-corrected chi connectivity index (χ3v) is 20.1. The number of hydrogen-bond acceptors (Lipinski definition) is 3. The first-order chi connectivity index (χ1) is 51.8. The van der Waals surface area contributed by atoms with Crippen LogP contribution < -0.4 is 9.80 Å². The molecule has 16 rings (SSSR count). The topological polar surface area (TPSA) is 34.6 Å². The molecule has 0 N–H and O–H groups in total. The molecule has 0 radical (unpaired) electrons. The number of nitriles is 1. The molecule has 4 heteroatoms. The normalized spacial score (nSPS) is 10.8. The Hall–Kier alpha value is -13.6. The van der Waals surface area contributed by atoms with Gasteiger partial charge in [0.15, 0.2) is 5.69 Å². The van der Waals surface area contributed by atoms with Crippen molar-refractivity contribution in [1.29, 1.82) is 5.26 Å². The first-order valence-corrected chi connectivity index (χ1v) is 36.4. The van der Waals surface area contributed by atoms with Gasteiger partial charge in [-0.1, -0.05) is 263 Å². The fourth-order valence-electron chi connectivity index (χ4n) is 14.8. The summed E-state index contributed by atoms with van der Waals surface area (Å²) in [6.45, 7) is 25.3. The van der Waals surface area contributed by atoms with E-state index in [0.29, 0.717) is 34.9 Å². The van der Waals surface area contributed by atoms with Crippen LogP contribution >= 0.6 is 0 Å². The second-order valence-electron chi connectivity index (χ2n) is 28.3. The van der Waals surface area contributed by atoms with Crippen molar-refractivity contribution in [2.75, 3.05) is 9.80 Å². The summed E-state index contributed by atoms with van der Waals surface area (Å²) in [5, 5.41) is 23.9. The standard InChI is InChI=1S/C62H48N2.C40H28N2.2CH4/c1-43(2)59-41-47(31-25-45-27-33-53(34-28-45)63(49-17-9-5-10-18-49)50-19-11-6-12-20-50)55-37-38-56-48(42-60(44(3)4)58-40-39-57(59)61(55)62(56)58)32-26-46-29-35-54(36-30-46)64(51-21-13-7-14-22-51)52-23-15-8-16-24-52;1-25(2)37-22-30(14-10-27-6-8-29(24-41)9-7-27)33-18-19-34-31(15-11-28-12-16-32(42-5)17-13-28)23-38(26(3)4)36-21-20-35(37)39(33)40(34)36;;/h5-24,27-30,33-44H,1-4H3;6-9,12-13,16-23,25-26H,1-4H3;2*1H4. The van der Waals surface area contributed by atoms with Crippen molar-refractivity contribution in [3.05, 3.63) is 375 Å². The summed E-state index contributed by atoms with van der Waals surface area (Å²) in [6.07, 6.45) is 0. The van der Waals surface area contributed by atoms with Crippen LogP contribution in [0.3, 0.4) is 0 Å². The van der Waals surface area contributed by atoms with E-state index >= 15 is 0 Å². The number of benzene rings is 16. The quantitative estimate of drug-likeness (QED) is 0.0777. The lowest BCUT2D eigenvalue weighted by molar-refractivity contribution is 0.875. The molecule has 0 unspecified atom stereocenters. The summed E-state index contributed by atoms with van der Waals surface area (Å²) < 4.78 is 0. The van der Waals surface area contributed by atoms with Crippen molar-refractivity contribution in [3.8, 4) is 53.4 Å². The third kappa shape index (κ3) is 14.5. The molecule has 0 atom stereocenters. The molecule has 108 heavy (non-hydrogen) atoms. The molecular formula is C104H84N4. The Morgan fingerprint density at radius 1 is 0.259 bits per heavy atom. The van der Waals surface area contributed by atoms with E-state index in [2.05, 4.69) is 366 Å². The molecule has 0 amide bonds. The number of hydrogen-bond donors (Lipinski definition) is 0. The molecule has 0 spiro atoms. The minimum Gasteiger partial charge on any atom is -0.311 e. The maximum absolute atomic E-state index is 9.15. The highest BCUT2D eigenvalue weighted by Gasteiger charge is 2.23. The van der Waals surface area contributed by atoms with Crippen molar-refractivity contribution < 1.29 is 0 Å². The monoisotopic (exact) mass is 1390 g/mol. The van der Waals surface area contributed by atoms with E-state index in [1.54, 1.807) is 0 Å². The Morgan fingerprint density at radius 3 is 0.704 bits per heavy atom. The van der Waals surface area contributed by atoms with Crippen LogP contribution in [0.1, 0.15) is 166 Å². The van der Waals surface area contributed by atoms with Crippen LogP contribution in [-0.4, -0.2) is 0 Å². The lowest BCUT2D eigenvalue weighted by Gasteiger charge is -2.25. The van der Waals surface area contributed by atoms with Gasteiger partial charge in [0.2, 0.25) is 0 Å². The zero-order chi connectivity index (χ0) is 73.0. The maximum Gasteiger partial charge on any atom is 0.187 e.